The molecule has 0 aliphatic carbocycles. The highest BCUT2D eigenvalue weighted by molar-refractivity contribution is 6.30. The Kier molecular flexibility index (Phi) is 5.20. The summed E-state index contributed by atoms with van der Waals surface area (Å²) < 4.78 is 44.5. The second-order valence-electron chi connectivity index (χ2n) is 8.68. The SMILES string of the molecule is CC(C)(C)c1ccc(NC2(C(F)(F)F)C(=O)c3ccccc3N2c2ccc(Cl)cn2)cc1. The van der Waals surface area contributed by atoms with Gasteiger partial charge in [0.15, 0.2) is 0 Å². The Morgan fingerprint density at radius 3 is 2.19 bits per heavy atom. The molecule has 0 fully saturated rings. The highest BCUT2D eigenvalue weighted by Gasteiger charge is 2.69. The lowest BCUT2D eigenvalue weighted by atomic mass is 9.87. The van der Waals surface area contributed by atoms with Crippen LogP contribution in [0.25, 0.3) is 0 Å². The van der Waals surface area contributed by atoms with E-state index in [4.69, 9.17) is 11.6 Å². The van der Waals surface area contributed by atoms with Crippen molar-refractivity contribution in [2.24, 2.45) is 0 Å². The predicted octanol–water partition coefficient (Wildman–Crippen LogP) is 6.74. The van der Waals surface area contributed by atoms with Crippen molar-refractivity contribution in [3.63, 3.8) is 0 Å². The smallest absolute Gasteiger partial charge is 0.348 e. The molecule has 0 spiro atoms. The van der Waals surface area contributed by atoms with Crippen LogP contribution in [0, 0.1) is 0 Å². The van der Waals surface area contributed by atoms with Crippen molar-refractivity contribution >= 4 is 34.6 Å². The number of fused-ring (bicyclic) bond motifs is 1. The fourth-order valence-electron chi connectivity index (χ4n) is 3.83. The molecule has 4 nitrogen and oxygen atoms in total. The van der Waals surface area contributed by atoms with Crippen LogP contribution < -0.4 is 10.2 Å². The van der Waals surface area contributed by atoms with Crippen LogP contribution in [0.1, 0.15) is 36.7 Å². The number of benzene rings is 2. The number of alkyl halides is 3. The normalized spacial score (nSPS) is 18.6. The second kappa shape index (κ2) is 7.52. The topological polar surface area (TPSA) is 45.2 Å². The van der Waals surface area contributed by atoms with Crippen LogP contribution in [0.2, 0.25) is 5.02 Å². The molecule has 0 saturated carbocycles. The van der Waals surface area contributed by atoms with Crippen LogP contribution >= 0.6 is 11.6 Å². The third-order valence-corrected chi connectivity index (χ3v) is 5.70. The van der Waals surface area contributed by atoms with Gasteiger partial charge in [-0.05, 0) is 47.4 Å². The van der Waals surface area contributed by atoms with Crippen LogP contribution in [-0.4, -0.2) is 22.6 Å². The van der Waals surface area contributed by atoms with Gasteiger partial charge in [-0.25, -0.2) is 4.98 Å². The molecule has 0 bridgehead atoms. The summed E-state index contributed by atoms with van der Waals surface area (Å²) in [4.78, 5) is 18.4. The van der Waals surface area contributed by atoms with Crippen molar-refractivity contribution in [2.75, 3.05) is 10.2 Å². The number of carbonyl (C=O) groups is 1. The van der Waals surface area contributed by atoms with E-state index in [2.05, 4.69) is 10.3 Å². The molecule has 166 valence electrons. The molecule has 4 rings (SSSR count). The molecule has 8 heteroatoms. The average molecular weight is 460 g/mol. The summed E-state index contributed by atoms with van der Waals surface area (Å²) in [6, 6.07) is 15.4. The first-order valence-electron chi connectivity index (χ1n) is 9.96. The summed E-state index contributed by atoms with van der Waals surface area (Å²) >= 11 is 5.90. The van der Waals surface area contributed by atoms with Gasteiger partial charge in [-0.15, -0.1) is 0 Å². The molecule has 1 aliphatic heterocycles. The Labute approximate surface area is 189 Å². The maximum absolute atomic E-state index is 14.8. The molecule has 2 heterocycles. The number of ketones is 1. The fraction of sp³-hybridized carbons (Fsp3) is 0.250. The van der Waals surface area contributed by atoms with E-state index in [9.17, 15) is 18.0 Å². The number of hydrogen-bond acceptors (Lipinski definition) is 4. The van der Waals surface area contributed by atoms with Gasteiger partial charge >= 0.3 is 6.18 Å². The maximum atomic E-state index is 14.8. The molecule has 0 saturated heterocycles. The standard InChI is InChI=1S/C24H21ClF3N3O/c1-22(2,3)15-8-11-17(12-9-15)30-23(24(26,27)28)21(32)18-6-4-5-7-19(18)31(23)20-13-10-16(25)14-29-20/h4-14,30H,1-3H3. The van der Waals surface area contributed by atoms with Crippen LogP contribution in [0.3, 0.4) is 0 Å². The summed E-state index contributed by atoms with van der Waals surface area (Å²) in [5.41, 5.74) is -2.04. The van der Waals surface area contributed by atoms with E-state index in [1.54, 1.807) is 30.3 Å². The molecule has 3 aromatic rings. The van der Waals surface area contributed by atoms with Crippen molar-refractivity contribution in [3.05, 3.63) is 83.0 Å². The average Bonchev–Trinajstić information content (AvgIpc) is 2.98. The lowest BCUT2D eigenvalue weighted by Crippen LogP contribution is -2.65. The van der Waals surface area contributed by atoms with Crippen LogP contribution in [0.15, 0.2) is 66.9 Å². The number of nitrogens with zero attached hydrogens (tertiary/aromatic N) is 2. The van der Waals surface area contributed by atoms with Gasteiger partial charge < -0.3 is 5.32 Å². The van der Waals surface area contributed by atoms with Crippen LogP contribution in [-0.2, 0) is 5.41 Å². The van der Waals surface area contributed by atoms with Crippen molar-refractivity contribution in [2.45, 2.75) is 38.0 Å². The van der Waals surface area contributed by atoms with Crippen LogP contribution in [0.5, 0.6) is 0 Å². The molecule has 1 aliphatic rings. The van der Waals surface area contributed by atoms with Crippen molar-refractivity contribution < 1.29 is 18.0 Å². The number of aromatic nitrogens is 1. The van der Waals surface area contributed by atoms with Crippen molar-refractivity contribution in [1.29, 1.82) is 0 Å². The highest BCUT2D eigenvalue weighted by Crippen LogP contribution is 2.51. The summed E-state index contributed by atoms with van der Waals surface area (Å²) in [6.45, 7) is 6.03. The van der Waals surface area contributed by atoms with E-state index in [1.165, 1.54) is 36.5 Å². The Morgan fingerprint density at radius 1 is 0.969 bits per heavy atom. The second-order valence-corrected chi connectivity index (χ2v) is 9.11. The number of nitrogens with one attached hydrogen (secondary N) is 1. The Balaban J connectivity index is 1.90. The summed E-state index contributed by atoms with van der Waals surface area (Å²) in [5.74, 6) is -1.15. The van der Waals surface area contributed by atoms with E-state index < -0.39 is 17.6 Å². The first kappa shape index (κ1) is 22.1. The largest absolute Gasteiger partial charge is 0.438 e. The lowest BCUT2D eigenvalue weighted by Gasteiger charge is -2.40. The minimum atomic E-state index is -4.98. The van der Waals surface area contributed by atoms with Gasteiger partial charge in [-0.2, -0.15) is 13.2 Å². The third-order valence-electron chi connectivity index (χ3n) is 5.48. The van der Waals surface area contributed by atoms with E-state index >= 15 is 0 Å². The zero-order valence-electron chi connectivity index (χ0n) is 17.7. The Hall–Kier alpha value is -3.06. The lowest BCUT2D eigenvalue weighted by molar-refractivity contribution is -0.161. The number of para-hydroxylation sites is 1. The Morgan fingerprint density at radius 2 is 1.62 bits per heavy atom. The first-order valence-corrected chi connectivity index (χ1v) is 10.3. The van der Waals surface area contributed by atoms with Gasteiger partial charge in [0.05, 0.1) is 10.7 Å². The van der Waals surface area contributed by atoms with E-state index in [0.717, 1.165) is 10.5 Å². The number of halogens is 4. The zero-order valence-corrected chi connectivity index (χ0v) is 18.4. The summed E-state index contributed by atoms with van der Waals surface area (Å²) in [7, 11) is 0. The number of Topliss-reactive ketones (excluding diaryl/α,β-unsaturated/α-hetero) is 1. The molecular formula is C24H21ClF3N3O. The first-order chi connectivity index (χ1) is 14.9. The molecule has 0 amide bonds. The molecule has 1 unspecified atom stereocenters. The molecule has 2 aromatic carbocycles. The minimum Gasteiger partial charge on any atom is -0.348 e. The van der Waals surface area contributed by atoms with Gasteiger partial charge in [0.25, 0.3) is 5.66 Å². The molecule has 32 heavy (non-hydrogen) atoms. The van der Waals surface area contributed by atoms with Crippen molar-refractivity contribution in [1.82, 2.24) is 4.98 Å². The third kappa shape index (κ3) is 3.50. The number of carbonyl (C=O) groups excluding carboxylic acids is 1. The molecule has 1 N–H and O–H groups in total. The number of hydrogen-bond donors (Lipinski definition) is 1. The van der Waals surface area contributed by atoms with E-state index in [1.807, 2.05) is 20.8 Å². The molecule has 1 atom stereocenters. The minimum absolute atomic E-state index is 0.0413. The van der Waals surface area contributed by atoms with E-state index in [0.29, 0.717) is 0 Å². The molecule has 0 radical (unpaired) electrons. The van der Waals surface area contributed by atoms with Gasteiger partial charge in [-0.1, -0.05) is 56.6 Å². The van der Waals surface area contributed by atoms with Gasteiger partial charge in [0, 0.05) is 17.4 Å². The highest BCUT2D eigenvalue weighted by atomic mass is 35.5. The predicted molar refractivity (Wildman–Crippen MR) is 120 cm³/mol. The zero-order chi connectivity index (χ0) is 23.3. The van der Waals surface area contributed by atoms with Gasteiger partial charge in [-0.3, -0.25) is 9.69 Å². The summed E-state index contributed by atoms with van der Waals surface area (Å²) in [6.07, 6.45) is -3.73. The number of rotatable bonds is 3. The van der Waals surface area contributed by atoms with Gasteiger partial charge in [0.1, 0.15) is 5.82 Å². The number of pyridine rings is 1. The number of anilines is 3. The molecular weight excluding hydrogens is 439 g/mol. The fourth-order valence-corrected chi connectivity index (χ4v) is 3.95. The van der Waals surface area contributed by atoms with Crippen molar-refractivity contribution in [3.8, 4) is 0 Å². The molecule has 1 aromatic heterocycles. The Bertz CT molecular complexity index is 1150. The summed E-state index contributed by atoms with van der Waals surface area (Å²) in [5, 5.41) is 2.79. The quantitative estimate of drug-likeness (QED) is 0.471. The van der Waals surface area contributed by atoms with E-state index in [-0.39, 0.29) is 33.2 Å². The maximum Gasteiger partial charge on any atom is 0.438 e. The van der Waals surface area contributed by atoms with Gasteiger partial charge in [0.2, 0.25) is 5.78 Å². The van der Waals surface area contributed by atoms with Crippen LogP contribution in [0.4, 0.5) is 30.4 Å². The monoisotopic (exact) mass is 459 g/mol.